The van der Waals surface area contributed by atoms with Crippen LogP contribution in [0.15, 0.2) is 12.1 Å². The maximum atomic E-state index is 10.6. The van der Waals surface area contributed by atoms with Gasteiger partial charge >= 0.3 is 0 Å². The van der Waals surface area contributed by atoms with Crippen LogP contribution in [0.25, 0.3) is 0 Å². The zero-order valence-electron chi connectivity index (χ0n) is 12.3. The van der Waals surface area contributed by atoms with Crippen molar-refractivity contribution >= 4 is 0 Å². The average Bonchev–Trinajstić information content (AvgIpc) is 2.97. The third-order valence-corrected chi connectivity index (χ3v) is 6.99. The second kappa shape index (κ2) is 3.45. The average molecular weight is 301 g/mol. The van der Waals surface area contributed by atoms with E-state index in [1.165, 1.54) is 5.56 Å². The Morgan fingerprint density at radius 3 is 3.09 bits per heavy atom. The molecule has 3 aliphatic heterocycles. The molecule has 0 aromatic heterocycles. The Labute approximate surface area is 128 Å². The van der Waals surface area contributed by atoms with Crippen molar-refractivity contribution in [2.75, 3.05) is 13.3 Å². The van der Waals surface area contributed by atoms with E-state index in [1.807, 2.05) is 6.07 Å². The number of phenolic OH excluding ortho intramolecular Hbond substituents is 1. The second-order valence-corrected chi connectivity index (χ2v) is 7.51. The van der Waals surface area contributed by atoms with E-state index < -0.39 is 6.10 Å². The molecule has 1 saturated carbocycles. The van der Waals surface area contributed by atoms with E-state index in [-0.39, 0.29) is 22.9 Å². The molecule has 6 rings (SSSR count). The number of aromatic hydroxyl groups is 1. The highest BCUT2D eigenvalue weighted by atomic mass is 16.5. The summed E-state index contributed by atoms with van der Waals surface area (Å²) in [6.45, 7) is 1.66. The summed E-state index contributed by atoms with van der Waals surface area (Å²) < 4.78 is 12.6. The maximum Gasteiger partial charge on any atom is 0.165 e. The molecule has 1 aromatic rings. The van der Waals surface area contributed by atoms with Gasteiger partial charge in [0.2, 0.25) is 0 Å². The summed E-state index contributed by atoms with van der Waals surface area (Å²) in [6.07, 6.45) is 2.71. The van der Waals surface area contributed by atoms with Crippen LogP contribution >= 0.6 is 0 Å². The molecule has 2 spiro atoms. The third-order valence-electron chi connectivity index (χ3n) is 6.99. The molecule has 3 fully saturated rings. The Balaban J connectivity index is 1.73. The first kappa shape index (κ1) is 12.2. The van der Waals surface area contributed by atoms with Crippen molar-refractivity contribution in [1.82, 2.24) is 4.90 Å². The Kier molecular flexibility index (Phi) is 1.91. The molecule has 2 N–H and O–H groups in total. The van der Waals surface area contributed by atoms with E-state index in [0.717, 1.165) is 31.4 Å². The van der Waals surface area contributed by atoms with E-state index >= 15 is 0 Å². The topological polar surface area (TPSA) is 62.2 Å². The molecule has 0 amide bonds. The van der Waals surface area contributed by atoms with Crippen LogP contribution in [0.2, 0.25) is 0 Å². The number of phenols is 1. The summed E-state index contributed by atoms with van der Waals surface area (Å²) in [5, 5.41) is 20.9. The normalized spacial score (nSPS) is 49.7. The number of aliphatic hydroxyl groups is 1. The summed E-state index contributed by atoms with van der Waals surface area (Å²) >= 11 is 0. The van der Waals surface area contributed by atoms with Gasteiger partial charge in [0.15, 0.2) is 11.5 Å². The Morgan fingerprint density at radius 1 is 1.27 bits per heavy atom. The van der Waals surface area contributed by atoms with Crippen molar-refractivity contribution < 1.29 is 19.7 Å². The molecule has 4 bridgehead atoms. The zero-order valence-corrected chi connectivity index (χ0v) is 12.3. The minimum Gasteiger partial charge on any atom is -0.504 e. The second-order valence-electron chi connectivity index (χ2n) is 7.51. The van der Waals surface area contributed by atoms with Gasteiger partial charge in [-0.1, -0.05) is 6.07 Å². The van der Waals surface area contributed by atoms with Gasteiger partial charge in [0.05, 0.1) is 17.1 Å². The first-order valence-corrected chi connectivity index (χ1v) is 8.25. The van der Waals surface area contributed by atoms with Crippen LogP contribution in [-0.4, -0.2) is 52.2 Å². The molecule has 3 heterocycles. The van der Waals surface area contributed by atoms with E-state index in [2.05, 4.69) is 4.90 Å². The highest BCUT2D eigenvalue weighted by molar-refractivity contribution is 5.62. The van der Waals surface area contributed by atoms with Gasteiger partial charge in [-0.2, -0.15) is 0 Å². The van der Waals surface area contributed by atoms with Gasteiger partial charge in [-0.15, -0.1) is 0 Å². The molecule has 6 atom stereocenters. The van der Waals surface area contributed by atoms with E-state index in [9.17, 15) is 10.2 Å². The molecule has 5 unspecified atom stereocenters. The summed E-state index contributed by atoms with van der Waals surface area (Å²) in [4.78, 5) is 2.45. The highest BCUT2D eigenvalue weighted by Crippen LogP contribution is 2.67. The number of nitrogens with zero attached hydrogens (tertiary/aromatic N) is 1. The monoisotopic (exact) mass is 301 g/mol. The van der Waals surface area contributed by atoms with Crippen molar-refractivity contribution in [1.29, 1.82) is 0 Å². The van der Waals surface area contributed by atoms with Gasteiger partial charge in [0, 0.05) is 18.2 Å². The number of rotatable bonds is 0. The number of aliphatic hydroxyl groups excluding tert-OH is 1. The molecule has 2 aliphatic carbocycles. The van der Waals surface area contributed by atoms with Gasteiger partial charge in [0.25, 0.3) is 0 Å². The van der Waals surface area contributed by atoms with Crippen molar-refractivity contribution in [3.8, 4) is 11.5 Å². The summed E-state index contributed by atoms with van der Waals surface area (Å²) in [5.41, 5.74) is 1.86. The molecule has 116 valence electrons. The van der Waals surface area contributed by atoms with Gasteiger partial charge < -0.3 is 19.7 Å². The Hall–Kier alpha value is -1.30. The molecular weight excluding hydrogens is 282 g/mol. The molecule has 2 saturated heterocycles. The fourth-order valence-electron chi connectivity index (χ4n) is 6.22. The molecule has 5 heteroatoms. The van der Waals surface area contributed by atoms with Gasteiger partial charge in [-0.3, -0.25) is 4.90 Å². The van der Waals surface area contributed by atoms with Gasteiger partial charge in [-0.05, 0) is 37.3 Å². The number of piperidine rings is 1. The zero-order chi connectivity index (χ0) is 14.7. The van der Waals surface area contributed by atoms with E-state index in [0.29, 0.717) is 24.9 Å². The molecule has 5 aliphatic rings. The van der Waals surface area contributed by atoms with Gasteiger partial charge in [0.1, 0.15) is 12.8 Å². The lowest BCUT2D eigenvalue weighted by Crippen LogP contribution is -2.73. The molecule has 22 heavy (non-hydrogen) atoms. The lowest BCUT2D eigenvalue weighted by Gasteiger charge is -2.60. The summed E-state index contributed by atoms with van der Waals surface area (Å²) in [6, 6.07) is 4.15. The Morgan fingerprint density at radius 2 is 2.18 bits per heavy atom. The quantitative estimate of drug-likeness (QED) is 0.745. The Bertz CT molecular complexity index is 706. The van der Waals surface area contributed by atoms with Crippen LogP contribution in [0.1, 0.15) is 30.4 Å². The van der Waals surface area contributed by atoms with Crippen LogP contribution in [0.4, 0.5) is 0 Å². The number of benzene rings is 1. The molecular formula is C17H19NO4. The van der Waals surface area contributed by atoms with Crippen molar-refractivity contribution in [2.45, 2.75) is 54.9 Å². The van der Waals surface area contributed by atoms with Crippen molar-refractivity contribution in [3.05, 3.63) is 23.3 Å². The largest absolute Gasteiger partial charge is 0.504 e. The van der Waals surface area contributed by atoms with E-state index in [4.69, 9.17) is 9.47 Å². The first-order chi connectivity index (χ1) is 10.7. The van der Waals surface area contributed by atoms with Crippen LogP contribution in [0, 0.1) is 0 Å². The predicted octanol–water partition coefficient (Wildman–Crippen LogP) is 0.903. The fourth-order valence-corrected chi connectivity index (χ4v) is 6.22. The SMILES string of the molecule is Oc1ccc2c3c1O[C@H]1C(O)CCC45OCN(CCC314)C5C2. The van der Waals surface area contributed by atoms with Crippen LogP contribution in [-0.2, 0) is 16.6 Å². The minimum atomic E-state index is -0.486. The van der Waals surface area contributed by atoms with Gasteiger partial charge in [-0.25, -0.2) is 0 Å². The standard InChI is InChI=1S/C17H19NO4/c19-10-2-1-9-7-12-17-4-3-11(20)15-16(17,13(9)14(10)22-15)5-6-18(12)8-21-17/h1-2,11-12,15,19-20H,3-8H2/t11?,12?,15-,16?,17?/m0/s1. The molecule has 0 radical (unpaired) electrons. The fraction of sp³-hybridized carbons (Fsp3) is 0.647. The lowest BCUT2D eigenvalue weighted by molar-refractivity contribution is -0.168. The number of ether oxygens (including phenoxy) is 2. The minimum absolute atomic E-state index is 0.198. The van der Waals surface area contributed by atoms with Crippen molar-refractivity contribution in [2.24, 2.45) is 0 Å². The third kappa shape index (κ3) is 0.996. The molecule has 1 aromatic carbocycles. The van der Waals surface area contributed by atoms with Crippen molar-refractivity contribution in [3.63, 3.8) is 0 Å². The predicted molar refractivity (Wildman–Crippen MR) is 76.9 cm³/mol. The summed E-state index contributed by atoms with van der Waals surface area (Å²) in [7, 11) is 0. The molecule has 5 nitrogen and oxygen atoms in total. The highest BCUT2D eigenvalue weighted by Gasteiger charge is 2.75. The smallest absolute Gasteiger partial charge is 0.165 e. The number of hydrogen-bond acceptors (Lipinski definition) is 5. The lowest BCUT2D eigenvalue weighted by atomic mass is 9.49. The van der Waals surface area contributed by atoms with Crippen LogP contribution in [0.3, 0.4) is 0 Å². The number of hydrogen-bond donors (Lipinski definition) is 2. The summed E-state index contributed by atoms with van der Waals surface area (Å²) in [5.74, 6) is 0.800. The van der Waals surface area contributed by atoms with Crippen LogP contribution in [0.5, 0.6) is 11.5 Å². The maximum absolute atomic E-state index is 10.6. The van der Waals surface area contributed by atoms with E-state index in [1.54, 1.807) is 6.07 Å². The van der Waals surface area contributed by atoms with Crippen LogP contribution < -0.4 is 4.74 Å². The first-order valence-electron chi connectivity index (χ1n) is 8.25.